The highest BCUT2D eigenvalue weighted by molar-refractivity contribution is 7.15. The second-order valence-corrected chi connectivity index (χ2v) is 6.57. The van der Waals surface area contributed by atoms with Gasteiger partial charge in [-0.05, 0) is 32.1 Å². The lowest BCUT2D eigenvalue weighted by molar-refractivity contribution is -0.138. The van der Waals surface area contributed by atoms with E-state index in [1.165, 1.54) is 19.3 Å². The second kappa shape index (κ2) is 4.53. The molecule has 0 amide bonds. The van der Waals surface area contributed by atoms with Gasteiger partial charge in [-0.3, -0.25) is 4.79 Å². The van der Waals surface area contributed by atoms with E-state index in [0.717, 1.165) is 28.0 Å². The van der Waals surface area contributed by atoms with Crippen molar-refractivity contribution in [2.75, 3.05) is 5.32 Å². The maximum absolute atomic E-state index is 11.1. The summed E-state index contributed by atoms with van der Waals surface area (Å²) in [6.07, 6.45) is 5.50. The summed E-state index contributed by atoms with van der Waals surface area (Å²) < 4.78 is 0. The summed E-state index contributed by atoms with van der Waals surface area (Å²) in [6, 6.07) is 0.437. The first-order valence-electron chi connectivity index (χ1n) is 6.62. The Kier molecular flexibility index (Phi) is 3.01. The van der Waals surface area contributed by atoms with Crippen LogP contribution in [0.5, 0.6) is 0 Å². The molecule has 5 heteroatoms. The molecular formula is C13H18N2O2S. The standard InChI is InChI=1S/C13H18N2O2S/c1-7(6-8-2-3-8)14-13-15-11-9(12(16)17)4-5-10(11)18-13/h7-9H,2-6H2,1H3,(H,14,15)(H,16,17). The highest BCUT2D eigenvalue weighted by Crippen LogP contribution is 2.39. The van der Waals surface area contributed by atoms with Crippen molar-refractivity contribution in [2.45, 2.75) is 51.0 Å². The number of aryl methyl sites for hydroxylation is 1. The normalized spacial score (nSPS) is 23.7. The fourth-order valence-electron chi connectivity index (χ4n) is 2.65. The third-order valence-electron chi connectivity index (χ3n) is 3.77. The number of anilines is 1. The molecule has 0 bridgehead atoms. The molecule has 0 saturated heterocycles. The van der Waals surface area contributed by atoms with Crippen LogP contribution in [0.3, 0.4) is 0 Å². The van der Waals surface area contributed by atoms with Crippen LogP contribution in [0.2, 0.25) is 0 Å². The van der Waals surface area contributed by atoms with Crippen LogP contribution in [0.15, 0.2) is 0 Å². The molecule has 1 aromatic rings. The van der Waals surface area contributed by atoms with Gasteiger partial charge in [-0.25, -0.2) is 4.98 Å². The van der Waals surface area contributed by atoms with E-state index in [-0.39, 0.29) is 5.92 Å². The van der Waals surface area contributed by atoms with Crippen LogP contribution in [0, 0.1) is 5.92 Å². The van der Waals surface area contributed by atoms with Gasteiger partial charge in [0.1, 0.15) is 5.92 Å². The van der Waals surface area contributed by atoms with Crippen molar-refractivity contribution in [1.29, 1.82) is 0 Å². The molecule has 0 spiro atoms. The highest BCUT2D eigenvalue weighted by atomic mass is 32.1. The quantitative estimate of drug-likeness (QED) is 0.860. The number of fused-ring (bicyclic) bond motifs is 1. The summed E-state index contributed by atoms with van der Waals surface area (Å²) in [6.45, 7) is 2.18. The van der Waals surface area contributed by atoms with Crippen molar-refractivity contribution in [1.82, 2.24) is 4.98 Å². The highest BCUT2D eigenvalue weighted by Gasteiger charge is 2.32. The Balaban J connectivity index is 1.67. The molecule has 1 fully saturated rings. The summed E-state index contributed by atoms with van der Waals surface area (Å²) in [4.78, 5) is 16.7. The third-order valence-corrected chi connectivity index (χ3v) is 4.83. The number of aliphatic carboxylic acids is 1. The van der Waals surface area contributed by atoms with Crippen LogP contribution >= 0.6 is 11.3 Å². The zero-order valence-corrected chi connectivity index (χ0v) is 11.3. The van der Waals surface area contributed by atoms with Crippen LogP contribution in [-0.2, 0) is 11.2 Å². The lowest BCUT2D eigenvalue weighted by Crippen LogP contribution is -2.16. The molecule has 0 radical (unpaired) electrons. The lowest BCUT2D eigenvalue weighted by Gasteiger charge is -2.12. The third kappa shape index (κ3) is 2.36. The van der Waals surface area contributed by atoms with Crippen molar-refractivity contribution >= 4 is 22.4 Å². The number of hydrogen-bond acceptors (Lipinski definition) is 4. The van der Waals surface area contributed by atoms with E-state index in [0.29, 0.717) is 12.5 Å². The average Bonchev–Trinajstić information content (AvgIpc) is 2.86. The molecular weight excluding hydrogens is 248 g/mol. The van der Waals surface area contributed by atoms with Crippen LogP contribution in [0.1, 0.15) is 49.1 Å². The number of carboxylic acid groups (broad SMARTS) is 1. The molecule has 2 atom stereocenters. The van der Waals surface area contributed by atoms with Crippen molar-refractivity contribution in [3.8, 4) is 0 Å². The largest absolute Gasteiger partial charge is 0.481 e. The summed E-state index contributed by atoms with van der Waals surface area (Å²) >= 11 is 1.63. The molecule has 0 aromatic carbocycles. The fourth-order valence-corrected chi connectivity index (χ4v) is 3.80. The molecule has 1 aromatic heterocycles. The summed E-state index contributed by atoms with van der Waals surface area (Å²) in [5.74, 6) is -0.228. The van der Waals surface area contributed by atoms with Crippen LogP contribution < -0.4 is 5.32 Å². The Hall–Kier alpha value is -1.10. The van der Waals surface area contributed by atoms with Gasteiger partial charge < -0.3 is 10.4 Å². The SMILES string of the molecule is CC(CC1CC1)Nc1nc2c(s1)CCC2C(=O)O. The van der Waals surface area contributed by atoms with E-state index in [9.17, 15) is 4.79 Å². The number of aromatic nitrogens is 1. The lowest BCUT2D eigenvalue weighted by atomic mass is 10.1. The van der Waals surface area contributed by atoms with E-state index in [2.05, 4.69) is 17.2 Å². The Morgan fingerprint density at radius 1 is 1.56 bits per heavy atom. The predicted molar refractivity (Wildman–Crippen MR) is 71.2 cm³/mol. The van der Waals surface area contributed by atoms with Crippen molar-refractivity contribution in [2.24, 2.45) is 5.92 Å². The first kappa shape index (κ1) is 12.0. The van der Waals surface area contributed by atoms with Crippen molar-refractivity contribution in [3.05, 3.63) is 10.6 Å². The zero-order valence-electron chi connectivity index (χ0n) is 10.5. The predicted octanol–water partition coefficient (Wildman–Crippen LogP) is 2.86. The average molecular weight is 266 g/mol. The molecule has 1 saturated carbocycles. The van der Waals surface area contributed by atoms with E-state index < -0.39 is 5.97 Å². The number of nitrogens with one attached hydrogen (secondary N) is 1. The number of thiazole rings is 1. The van der Waals surface area contributed by atoms with E-state index >= 15 is 0 Å². The van der Waals surface area contributed by atoms with Crippen molar-refractivity contribution < 1.29 is 9.90 Å². The molecule has 18 heavy (non-hydrogen) atoms. The molecule has 98 valence electrons. The Labute approximate surface area is 110 Å². The first-order chi connectivity index (χ1) is 8.63. The molecule has 0 aliphatic heterocycles. The minimum atomic E-state index is -0.739. The summed E-state index contributed by atoms with van der Waals surface area (Å²) in [5, 5.41) is 13.4. The summed E-state index contributed by atoms with van der Waals surface area (Å²) in [5.41, 5.74) is 0.800. The maximum atomic E-state index is 11.1. The minimum Gasteiger partial charge on any atom is -0.481 e. The summed E-state index contributed by atoms with van der Waals surface area (Å²) in [7, 11) is 0. The van der Waals surface area contributed by atoms with Gasteiger partial charge in [-0.2, -0.15) is 0 Å². The monoisotopic (exact) mass is 266 g/mol. The van der Waals surface area contributed by atoms with Gasteiger partial charge in [0.2, 0.25) is 0 Å². The Morgan fingerprint density at radius 3 is 3.00 bits per heavy atom. The van der Waals surface area contributed by atoms with E-state index in [1.54, 1.807) is 11.3 Å². The fraction of sp³-hybridized carbons (Fsp3) is 0.692. The van der Waals surface area contributed by atoms with Gasteiger partial charge in [0.25, 0.3) is 0 Å². The van der Waals surface area contributed by atoms with Gasteiger partial charge in [0.05, 0.1) is 5.69 Å². The van der Waals surface area contributed by atoms with Crippen LogP contribution in [0.4, 0.5) is 5.13 Å². The molecule has 1 heterocycles. The zero-order chi connectivity index (χ0) is 12.7. The van der Waals surface area contributed by atoms with Gasteiger partial charge >= 0.3 is 5.97 Å². The molecule has 4 nitrogen and oxygen atoms in total. The maximum Gasteiger partial charge on any atom is 0.312 e. The minimum absolute atomic E-state index is 0.384. The van der Waals surface area contributed by atoms with Crippen LogP contribution in [-0.4, -0.2) is 22.1 Å². The number of hydrogen-bond donors (Lipinski definition) is 2. The van der Waals surface area contributed by atoms with Gasteiger partial charge in [0.15, 0.2) is 5.13 Å². The number of rotatable bonds is 5. The van der Waals surface area contributed by atoms with Gasteiger partial charge in [-0.15, -0.1) is 11.3 Å². The molecule has 2 N–H and O–H groups in total. The van der Waals surface area contributed by atoms with Crippen molar-refractivity contribution in [3.63, 3.8) is 0 Å². The number of nitrogens with zero attached hydrogens (tertiary/aromatic N) is 1. The Bertz CT molecular complexity index is 468. The molecule has 2 unspecified atom stereocenters. The van der Waals surface area contributed by atoms with Crippen LogP contribution in [0.25, 0.3) is 0 Å². The van der Waals surface area contributed by atoms with Gasteiger partial charge in [0, 0.05) is 10.9 Å². The molecule has 2 aliphatic carbocycles. The smallest absolute Gasteiger partial charge is 0.312 e. The number of carbonyl (C=O) groups is 1. The molecule has 2 aliphatic rings. The van der Waals surface area contributed by atoms with E-state index in [1.807, 2.05) is 0 Å². The second-order valence-electron chi connectivity index (χ2n) is 5.48. The Morgan fingerprint density at radius 2 is 2.33 bits per heavy atom. The first-order valence-corrected chi connectivity index (χ1v) is 7.44. The molecule has 3 rings (SSSR count). The van der Waals surface area contributed by atoms with Gasteiger partial charge in [-0.1, -0.05) is 12.8 Å². The van der Waals surface area contributed by atoms with E-state index in [4.69, 9.17) is 5.11 Å². The number of carboxylic acids is 1. The topological polar surface area (TPSA) is 62.2 Å².